The first-order valence-electron chi connectivity index (χ1n) is 9.33. The zero-order valence-corrected chi connectivity index (χ0v) is 18.8. The molecule has 4 rings (SSSR count). The van der Waals surface area contributed by atoms with E-state index in [1.165, 1.54) is 22.7 Å². The number of benzene rings is 2. The molecule has 0 saturated heterocycles. The fourth-order valence-electron chi connectivity index (χ4n) is 3.23. The highest BCUT2D eigenvalue weighted by molar-refractivity contribution is 7.23. The van der Waals surface area contributed by atoms with E-state index in [4.69, 9.17) is 14.5 Å². The number of carbonyl (C=O) groups excluding carboxylic acids is 1. The summed E-state index contributed by atoms with van der Waals surface area (Å²) < 4.78 is 11.8. The molecule has 0 bridgehead atoms. The molecule has 0 aliphatic rings. The zero-order chi connectivity index (χ0) is 21.3. The summed E-state index contributed by atoms with van der Waals surface area (Å²) >= 11 is 2.82. The van der Waals surface area contributed by atoms with Gasteiger partial charge in [-0.1, -0.05) is 41.7 Å². The predicted octanol–water partition coefficient (Wildman–Crippen LogP) is 5.23. The lowest BCUT2D eigenvalue weighted by molar-refractivity contribution is 0.0988. The standard InChI is InChI=1S/C22H21N3O3S2/c1-13-19(29-14(2)23-13)21(26)25(12-15-8-6-5-7-9-15)22-24-18-16(27-3)10-11-17(28-4)20(18)30-22/h5-11H,12H2,1-4H3. The number of rotatable bonds is 6. The number of thiazole rings is 2. The molecular formula is C22H21N3O3S2. The van der Waals surface area contributed by atoms with E-state index in [-0.39, 0.29) is 5.91 Å². The van der Waals surface area contributed by atoms with Crippen molar-refractivity contribution < 1.29 is 14.3 Å². The fourth-order valence-corrected chi connectivity index (χ4v) is 5.18. The monoisotopic (exact) mass is 439 g/mol. The normalized spacial score (nSPS) is 10.9. The zero-order valence-electron chi connectivity index (χ0n) is 17.1. The Labute approximate surface area is 182 Å². The highest BCUT2D eigenvalue weighted by Gasteiger charge is 2.26. The van der Waals surface area contributed by atoms with Crippen molar-refractivity contribution in [1.82, 2.24) is 9.97 Å². The molecule has 6 nitrogen and oxygen atoms in total. The number of hydrogen-bond donors (Lipinski definition) is 0. The van der Waals surface area contributed by atoms with E-state index >= 15 is 0 Å². The second-order valence-corrected chi connectivity index (χ2v) is 8.85. The molecule has 0 saturated carbocycles. The van der Waals surface area contributed by atoms with Gasteiger partial charge in [-0.15, -0.1) is 11.3 Å². The number of anilines is 1. The Balaban J connectivity index is 1.85. The van der Waals surface area contributed by atoms with Gasteiger partial charge in [0.25, 0.3) is 5.91 Å². The van der Waals surface area contributed by atoms with Crippen molar-refractivity contribution in [3.8, 4) is 11.5 Å². The topological polar surface area (TPSA) is 64.6 Å². The minimum absolute atomic E-state index is 0.112. The number of aromatic nitrogens is 2. The van der Waals surface area contributed by atoms with E-state index in [0.29, 0.717) is 33.6 Å². The van der Waals surface area contributed by atoms with E-state index in [1.807, 2.05) is 56.3 Å². The minimum atomic E-state index is -0.112. The maximum absolute atomic E-state index is 13.6. The van der Waals surface area contributed by atoms with Gasteiger partial charge in [0.05, 0.1) is 31.5 Å². The number of nitrogens with zero attached hydrogens (tertiary/aromatic N) is 3. The van der Waals surface area contributed by atoms with Crippen molar-refractivity contribution in [3.63, 3.8) is 0 Å². The van der Waals surface area contributed by atoms with Crippen LogP contribution in [0.2, 0.25) is 0 Å². The van der Waals surface area contributed by atoms with Gasteiger partial charge in [0, 0.05) is 0 Å². The van der Waals surface area contributed by atoms with Crippen LogP contribution in [0.4, 0.5) is 5.13 Å². The summed E-state index contributed by atoms with van der Waals surface area (Å²) in [5.74, 6) is 1.23. The second kappa shape index (κ2) is 8.41. The first kappa shape index (κ1) is 20.3. The van der Waals surface area contributed by atoms with Gasteiger partial charge in [0.1, 0.15) is 26.6 Å². The minimum Gasteiger partial charge on any atom is -0.495 e. The number of ether oxygens (including phenoxy) is 2. The summed E-state index contributed by atoms with van der Waals surface area (Å²) in [6.45, 7) is 4.17. The average molecular weight is 440 g/mol. The van der Waals surface area contributed by atoms with E-state index < -0.39 is 0 Å². The Hall–Kier alpha value is -2.97. The highest BCUT2D eigenvalue weighted by atomic mass is 32.1. The maximum Gasteiger partial charge on any atom is 0.272 e. The van der Waals surface area contributed by atoms with Crippen molar-refractivity contribution in [2.24, 2.45) is 0 Å². The van der Waals surface area contributed by atoms with Crippen LogP contribution in [0.15, 0.2) is 42.5 Å². The van der Waals surface area contributed by atoms with Crippen molar-refractivity contribution >= 4 is 43.9 Å². The summed E-state index contributed by atoms with van der Waals surface area (Å²) in [6, 6.07) is 13.6. The van der Waals surface area contributed by atoms with Crippen molar-refractivity contribution in [2.45, 2.75) is 20.4 Å². The largest absolute Gasteiger partial charge is 0.495 e. The molecule has 2 aromatic carbocycles. The fraction of sp³-hybridized carbons (Fsp3) is 0.227. The van der Waals surface area contributed by atoms with Gasteiger partial charge in [-0.05, 0) is 31.5 Å². The molecule has 1 amide bonds. The molecular weight excluding hydrogens is 418 g/mol. The SMILES string of the molecule is COc1ccc(OC)c2sc(N(Cc3ccccc3)C(=O)c3sc(C)nc3C)nc12. The molecule has 30 heavy (non-hydrogen) atoms. The van der Waals surface area contributed by atoms with Gasteiger partial charge in [0.15, 0.2) is 5.13 Å². The van der Waals surface area contributed by atoms with Gasteiger partial charge in [0.2, 0.25) is 0 Å². The number of amides is 1. The molecule has 2 heterocycles. The number of hydrogen-bond acceptors (Lipinski definition) is 7. The van der Waals surface area contributed by atoms with Crippen LogP contribution in [0.3, 0.4) is 0 Å². The Morgan fingerprint density at radius 3 is 2.30 bits per heavy atom. The van der Waals surface area contributed by atoms with Gasteiger partial charge >= 0.3 is 0 Å². The summed E-state index contributed by atoms with van der Waals surface area (Å²) in [5.41, 5.74) is 2.43. The molecule has 0 N–H and O–H groups in total. The molecule has 0 radical (unpaired) electrons. The van der Waals surface area contributed by atoms with Crippen LogP contribution < -0.4 is 14.4 Å². The Morgan fingerprint density at radius 2 is 1.67 bits per heavy atom. The molecule has 0 fully saturated rings. The smallest absolute Gasteiger partial charge is 0.272 e. The molecule has 8 heteroatoms. The summed E-state index contributed by atoms with van der Waals surface area (Å²) in [5, 5.41) is 1.45. The molecule has 0 aliphatic carbocycles. The van der Waals surface area contributed by atoms with Crippen molar-refractivity contribution in [3.05, 3.63) is 63.6 Å². The summed E-state index contributed by atoms with van der Waals surface area (Å²) in [7, 11) is 3.23. The van der Waals surface area contributed by atoms with Crippen LogP contribution in [0, 0.1) is 13.8 Å². The van der Waals surface area contributed by atoms with E-state index in [2.05, 4.69) is 4.98 Å². The van der Waals surface area contributed by atoms with Crippen LogP contribution in [0.5, 0.6) is 11.5 Å². The second-order valence-electron chi connectivity index (χ2n) is 6.67. The molecule has 4 aromatic rings. The Morgan fingerprint density at radius 1 is 0.967 bits per heavy atom. The van der Waals surface area contributed by atoms with Crippen LogP contribution in [0.1, 0.15) is 25.9 Å². The summed E-state index contributed by atoms with van der Waals surface area (Å²) in [6.07, 6.45) is 0. The third kappa shape index (κ3) is 3.76. The summed E-state index contributed by atoms with van der Waals surface area (Å²) in [4.78, 5) is 25.1. The third-order valence-electron chi connectivity index (χ3n) is 4.66. The highest BCUT2D eigenvalue weighted by Crippen LogP contribution is 2.41. The Bertz CT molecular complexity index is 1160. The lowest BCUT2D eigenvalue weighted by Crippen LogP contribution is -2.30. The van der Waals surface area contributed by atoms with Gasteiger partial charge in [-0.2, -0.15) is 0 Å². The van der Waals surface area contributed by atoms with Gasteiger partial charge in [-0.25, -0.2) is 9.97 Å². The van der Waals surface area contributed by atoms with Crippen molar-refractivity contribution in [1.29, 1.82) is 0 Å². The Kier molecular flexibility index (Phi) is 5.69. The van der Waals surface area contributed by atoms with Crippen LogP contribution >= 0.6 is 22.7 Å². The first-order valence-corrected chi connectivity index (χ1v) is 11.0. The van der Waals surface area contributed by atoms with Crippen LogP contribution in [-0.4, -0.2) is 30.1 Å². The van der Waals surface area contributed by atoms with E-state index in [9.17, 15) is 4.79 Å². The third-order valence-corrected chi connectivity index (χ3v) is 6.81. The first-order chi connectivity index (χ1) is 14.5. The molecule has 0 spiro atoms. The van der Waals surface area contributed by atoms with Gasteiger partial charge < -0.3 is 9.47 Å². The average Bonchev–Trinajstić information content (AvgIpc) is 3.34. The lowest BCUT2D eigenvalue weighted by atomic mass is 10.2. The number of aryl methyl sites for hydroxylation is 2. The van der Waals surface area contributed by atoms with Crippen LogP contribution in [0.25, 0.3) is 10.2 Å². The van der Waals surface area contributed by atoms with Gasteiger partial charge in [-0.3, -0.25) is 9.69 Å². The number of fused-ring (bicyclic) bond motifs is 1. The maximum atomic E-state index is 13.6. The van der Waals surface area contributed by atoms with E-state index in [1.54, 1.807) is 19.1 Å². The molecule has 0 unspecified atom stereocenters. The lowest BCUT2D eigenvalue weighted by Gasteiger charge is -2.19. The van der Waals surface area contributed by atoms with E-state index in [0.717, 1.165) is 21.0 Å². The molecule has 0 atom stereocenters. The number of methoxy groups -OCH3 is 2. The molecule has 2 aromatic heterocycles. The van der Waals surface area contributed by atoms with Crippen LogP contribution in [-0.2, 0) is 6.54 Å². The predicted molar refractivity (Wildman–Crippen MR) is 121 cm³/mol. The quantitative estimate of drug-likeness (QED) is 0.411. The van der Waals surface area contributed by atoms with Crippen molar-refractivity contribution in [2.75, 3.05) is 19.1 Å². The molecule has 0 aliphatic heterocycles. The molecule has 154 valence electrons. The number of carbonyl (C=O) groups is 1.